The van der Waals surface area contributed by atoms with Crippen molar-refractivity contribution in [3.63, 3.8) is 0 Å². The number of likely N-dealkylation sites (tertiary alicyclic amines) is 1. The minimum absolute atomic E-state index is 0.0956. The lowest BCUT2D eigenvalue weighted by atomic mass is 9.95. The van der Waals surface area contributed by atoms with Crippen molar-refractivity contribution >= 4 is 9.84 Å². The molecule has 0 aromatic heterocycles. The third-order valence-electron chi connectivity index (χ3n) is 4.40. The fraction of sp³-hybridized carbons (Fsp3) is 0.625. The van der Waals surface area contributed by atoms with E-state index in [1.165, 1.54) is 12.1 Å². The predicted octanol–water partition coefficient (Wildman–Crippen LogP) is 2.81. The van der Waals surface area contributed by atoms with Crippen LogP contribution in [-0.4, -0.2) is 42.9 Å². The van der Waals surface area contributed by atoms with Crippen LogP contribution in [-0.2, 0) is 16.4 Å². The Morgan fingerprint density at radius 3 is 2.48 bits per heavy atom. The fourth-order valence-corrected chi connectivity index (χ4v) is 3.76. The molecule has 1 N–H and O–H groups in total. The Morgan fingerprint density at radius 2 is 1.91 bits per heavy atom. The van der Waals surface area contributed by atoms with E-state index in [9.17, 15) is 22.3 Å². The maximum Gasteiger partial charge on any atom is 0.341 e. The van der Waals surface area contributed by atoms with Crippen LogP contribution in [0.3, 0.4) is 0 Å². The molecule has 1 aromatic rings. The minimum Gasteiger partial charge on any atom is -0.392 e. The van der Waals surface area contributed by atoms with Crippen molar-refractivity contribution in [3.05, 3.63) is 29.8 Å². The lowest BCUT2D eigenvalue weighted by Crippen LogP contribution is -2.46. The number of rotatable bonds is 6. The van der Waals surface area contributed by atoms with Crippen molar-refractivity contribution in [1.29, 1.82) is 0 Å². The zero-order chi connectivity index (χ0) is 17.0. The second-order valence-corrected chi connectivity index (χ2v) is 7.88. The SMILES string of the molecule is CCC(O)C1CCCCN1Cc1ccc(S(=O)(=O)C(F)F)cc1. The molecule has 7 heteroatoms. The number of aliphatic hydroxyl groups excluding tert-OH is 1. The number of hydrogen-bond donors (Lipinski definition) is 1. The number of alkyl halides is 2. The first kappa shape index (κ1) is 18.3. The molecule has 0 aliphatic carbocycles. The van der Waals surface area contributed by atoms with Crippen molar-refractivity contribution in [3.8, 4) is 0 Å². The summed E-state index contributed by atoms with van der Waals surface area (Å²) in [6.07, 6.45) is 3.39. The number of halogens is 2. The van der Waals surface area contributed by atoms with E-state index >= 15 is 0 Å². The number of benzene rings is 1. The third kappa shape index (κ3) is 4.28. The molecule has 23 heavy (non-hydrogen) atoms. The normalized spacial score (nSPS) is 21.5. The minimum atomic E-state index is -4.54. The van der Waals surface area contributed by atoms with Crippen LogP contribution in [0.5, 0.6) is 0 Å². The Labute approximate surface area is 136 Å². The van der Waals surface area contributed by atoms with Crippen molar-refractivity contribution in [2.75, 3.05) is 6.54 Å². The van der Waals surface area contributed by atoms with Gasteiger partial charge in [0, 0.05) is 12.6 Å². The first-order valence-corrected chi connectivity index (χ1v) is 9.44. The maximum absolute atomic E-state index is 12.5. The van der Waals surface area contributed by atoms with Gasteiger partial charge in [0.2, 0.25) is 9.84 Å². The topological polar surface area (TPSA) is 57.6 Å². The van der Waals surface area contributed by atoms with E-state index < -0.39 is 15.6 Å². The van der Waals surface area contributed by atoms with Gasteiger partial charge in [-0.05, 0) is 43.5 Å². The molecule has 1 aliphatic rings. The van der Waals surface area contributed by atoms with E-state index in [2.05, 4.69) is 4.90 Å². The lowest BCUT2D eigenvalue weighted by molar-refractivity contribution is 0.0195. The van der Waals surface area contributed by atoms with E-state index in [1.54, 1.807) is 12.1 Å². The Bertz CT molecular complexity index is 604. The summed E-state index contributed by atoms with van der Waals surface area (Å²) in [4.78, 5) is 1.83. The number of sulfone groups is 1. The molecule has 0 spiro atoms. The van der Waals surface area contributed by atoms with Crippen LogP contribution in [0.1, 0.15) is 38.2 Å². The van der Waals surface area contributed by atoms with Crippen LogP contribution in [0, 0.1) is 0 Å². The Balaban J connectivity index is 2.11. The highest BCUT2D eigenvalue weighted by Crippen LogP contribution is 2.24. The average molecular weight is 347 g/mol. The summed E-state index contributed by atoms with van der Waals surface area (Å²) >= 11 is 0. The van der Waals surface area contributed by atoms with Gasteiger partial charge in [0.05, 0.1) is 11.0 Å². The predicted molar refractivity (Wildman–Crippen MR) is 84.0 cm³/mol. The molecule has 2 atom stereocenters. The molecule has 2 rings (SSSR count). The summed E-state index contributed by atoms with van der Waals surface area (Å²) in [5, 5.41) is 10.1. The molecule has 0 amide bonds. The van der Waals surface area contributed by atoms with Crippen LogP contribution in [0.2, 0.25) is 0 Å². The highest BCUT2D eigenvalue weighted by molar-refractivity contribution is 7.91. The summed E-state index contributed by atoms with van der Waals surface area (Å²) in [5.41, 5.74) is 0.855. The molecule has 2 unspecified atom stereocenters. The number of hydrogen-bond acceptors (Lipinski definition) is 4. The standard InChI is InChI=1S/C16H23F2NO3S/c1-2-15(20)14-5-3-4-10-19(14)11-12-6-8-13(9-7-12)23(21,22)16(17)18/h6-9,14-16,20H,2-5,10-11H2,1H3. The smallest absolute Gasteiger partial charge is 0.341 e. The number of piperidine rings is 1. The quantitative estimate of drug-likeness (QED) is 0.860. The summed E-state index contributed by atoms with van der Waals surface area (Å²) in [6, 6.07) is 5.69. The van der Waals surface area contributed by atoms with Crippen LogP contribution in [0.25, 0.3) is 0 Å². The van der Waals surface area contributed by atoms with E-state index in [0.717, 1.165) is 31.4 Å². The fourth-order valence-electron chi connectivity index (χ4n) is 3.04. The monoisotopic (exact) mass is 347 g/mol. The van der Waals surface area contributed by atoms with E-state index in [0.29, 0.717) is 13.0 Å². The maximum atomic E-state index is 12.5. The molecule has 130 valence electrons. The molecule has 4 nitrogen and oxygen atoms in total. The molecule has 0 saturated carbocycles. The van der Waals surface area contributed by atoms with Crippen LogP contribution >= 0.6 is 0 Å². The molecule has 0 bridgehead atoms. The molecular weight excluding hydrogens is 324 g/mol. The second-order valence-electron chi connectivity index (χ2n) is 5.96. The highest BCUT2D eigenvalue weighted by atomic mass is 32.2. The first-order chi connectivity index (χ1) is 10.9. The molecule has 0 radical (unpaired) electrons. The molecule has 1 aliphatic heterocycles. The molecule has 1 fully saturated rings. The van der Waals surface area contributed by atoms with Gasteiger partial charge < -0.3 is 5.11 Å². The van der Waals surface area contributed by atoms with Crippen LogP contribution in [0.15, 0.2) is 29.2 Å². The number of aliphatic hydroxyl groups is 1. The van der Waals surface area contributed by atoms with Crippen molar-refractivity contribution in [2.45, 2.75) is 62.0 Å². The van der Waals surface area contributed by atoms with E-state index in [1.807, 2.05) is 6.92 Å². The van der Waals surface area contributed by atoms with Gasteiger partial charge in [0.25, 0.3) is 0 Å². The van der Waals surface area contributed by atoms with Crippen molar-refractivity contribution in [2.24, 2.45) is 0 Å². The van der Waals surface area contributed by atoms with Gasteiger partial charge in [-0.1, -0.05) is 25.5 Å². The number of nitrogens with zero attached hydrogens (tertiary/aromatic N) is 1. The first-order valence-electron chi connectivity index (χ1n) is 7.89. The lowest BCUT2D eigenvalue weighted by Gasteiger charge is -2.38. The Hall–Kier alpha value is -1.05. The summed E-state index contributed by atoms with van der Waals surface area (Å²) in [7, 11) is -4.54. The van der Waals surface area contributed by atoms with E-state index in [4.69, 9.17) is 0 Å². The van der Waals surface area contributed by atoms with E-state index in [-0.39, 0.29) is 17.0 Å². The molecule has 1 heterocycles. The molecule has 1 saturated heterocycles. The van der Waals surface area contributed by atoms with Gasteiger partial charge in [0.1, 0.15) is 0 Å². The largest absolute Gasteiger partial charge is 0.392 e. The van der Waals surface area contributed by atoms with Gasteiger partial charge >= 0.3 is 5.76 Å². The van der Waals surface area contributed by atoms with Crippen LogP contribution in [0.4, 0.5) is 8.78 Å². The van der Waals surface area contributed by atoms with Gasteiger partial charge in [0.15, 0.2) is 0 Å². The average Bonchev–Trinajstić information content (AvgIpc) is 2.55. The summed E-state index contributed by atoms with van der Waals surface area (Å²) in [5.74, 6) is -3.40. The van der Waals surface area contributed by atoms with Crippen molar-refractivity contribution in [1.82, 2.24) is 4.90 Å². The van der Waals surface area contributed by atoms with Gasteiger partial charge in [-0.2, -0.15) is 8.78 Å². The highest BCUT2D eigenvalue weighted by Gasteiger charge is 2.28. The zero-order valence-electron chi connectivity index (χ0n) is 13.2. The van der Waals surface area contributed by atoms with Crippen LogP contribution < -0.4 is 0 Å². The Morgan fingerprint density at radius 1 is 1.26 bits per heavy atom. The molecule has 1 aromatic carbocycles. The molecular formula is C16H23F2NO3S. The summed E-state index contributed by atoms with van der Waals surface area (Å²) < 4.78 is 47.9. The third-order valence-corrected chi connectivity index (χ3v) is 5.80. The Kier molecular flexibility index (Phi) is 6.11. The summed E-state index contributed by atoms with van der Waals surface area (Å²) in [6.45, 7) is 3.40. The van der Waals surface area contributed by atoms with Gasteiger partial charge in [-0.15, -0.1) is 0 Å². The van der Waals surface area contributed by atoms with Gasteiger partial charge in [-0.25, -0.2) is 8.42 Å². The second kappa shape index (κ2) is 7.68. The van der Waals surface area contributed by atoms with Crippen molar-refractivity contribution < 1.29 is 22.3 Å². The zero-order valence-corrected chi connectivity index (χ0v) is 14.0. The van der Waals surface area contributed by atoms with Gasteiger partial charge in [-0.3, -0.25) is 4.90 Å².